The molecular formula is C25H24F2N4O4. The van der Waals surface area contributed by atoms with Gasteiger partial charge in [-0.2, -0.15) is 8.78 Å². The van der Waals surface area contributed by atoms with Gasteiger partial charge in [0.1, 0.15) is 22.9 Å². The molecule has 0 spiro atoms. The smallest absolute Gasteiger partial charge is 0.394 e. The van der Waals surface area contributed by atoms with Gasteiger partial charge in [0, 0.05) is 49.7 Å². The minimum absolute atomic E-state index is 0.0657. The van der Waals surface area contributed by atoms with Crippen molar-refractivity contribution in [1.82, 2.24) is 19.0 Å². The number of amides is 1. The van der Waals surface area contributed by atoms with Crippen LogP contribution in [-0.4, -0.2) is 50.7 Å². The van der Waals surface area contributed by atoms with Crippen LogP contribution in [0.4, 0.5) is 8.78 Å². The van der Waals surface area contributed by atoms with E-state index in [9.17, 15) is 18.4 Å². The van der Waals surface area contributed by atoms with E-state index in [1.54, 1.807) is 46.3 Å². The fourth-order valence-electron chi connectivity index (χ4n) is 5.39. The van der Waals surface area contributed by atoms with Gasteiger partial charge < -0.3 is 23.5 Å². The van der Waals surface area contributed by atoms with E-state index >= 15 is 0 Å². The number of benzene rings is 1. The van der Waals surface area contributed by atoms with E-state index < -0.39 is 6.11 Å². The molecule has 6 rings (SSSR count). The predicted molar refractivity (Wildman–Crippen MR) is 121 cm³/mol. The number of rotatable bonds is 5. The van der Waals surface area contributed by atoms with Crippen molar-refractivity contribution >= 4 is 5.91 Å². The van der Waals surface area contributed by atoms with Gasteiger partial charge >= 0.3 is 6.11 Å². The highest BCUT2D eigenvalue weighted by molar-refractivity contribution is 5.93. The van der Waals surface area contributed by atoms with Gasteiger partial charge in [-0.1, -0.05) is 0 Å². The number of hydrogen-bond acceptors (Lipinski definition) is 5. The van der Waals surface area contributed by atoms with Gasteiger partial charge in [0.2, 0.25) is 0 Å². The molecule has 10 heteroatoms. The van der Waals surface area contributed by atoms with Crippen molar-refractivity contribution in [2.75, 3.05) is 19.7 Å². The number of ether oxygens (including phenoxy) is 2. The number of carbonyl (C=O) groups excluding carboxylic acids is 1. The summed E-state index contributed by atoms with van der Waals surface area (Å²) in [6, 6.07) is 8.06. The van der Waals surface area contributed by atoms with E-state index in [-0.39, 0.29) is 28.5 Å². The van der Waals surface area contributed by atoms with Gasteiger partial charge in [-0.25, -0.2) is 4.98 Å². The first kappa shape index (κ1) is 21.8. The maximum absolute atomic E-state index is 13.4. The molecule has 0 bridgehead atoms. The molecule has 0 radical (unpaired) electrons. The second-order valence-corrected chi connectivity index (χ2v) is 9.65. The first-order valence-electron chi connectivity index (χ1n) is 11.5. The maximum atomic E-state index is 13.4. The van der Waals surface area contributed by atoms with Crippen molar-refractivity contribution in [3.05, 3.63) is 70.2 Å². The number of aryl methyl sites for hydroxylation is 1. The number of nitrogens with zero attached hydrogens (tertiary/aromatic N) is 4. The molecule has 4 heterocycles. The van der Waals surface area contributed by atoms with Crippen LogP contribution in [0.1, 0.15) is 35.1 Å². The summed E-state index contributed by atoms with van der Waals surface area (Å²) in [6.07, 6.45) is 0.842. The van der Waals surface area contributed by atoms with Gasteiger partial charge in [0.05, 0.1) is 18.6 Å². The van der Waals surface area contributed by atoms with Gasteiger partial charge in [-0.15, -0.1) is 0 Å². The highest BCUT2D eigenvalue weighted by atomic mass is 19.3. The molecule has 3 aliphatic rings. The summed E-state index contributed by atoms with van der Waals surface area (Å²) in [5.74, 6) is 0.668. The Morgan fingerprint density at radius 3 is 2.80 bits per heavy atom. The van der Waals surface area contributed by atoms with Crippen LogP contribution >= 0.6 is 0 Å². The van der Waals surface area contributed by atoms with Crippen LogP contribution in [0.25, 0.3) is 5.69 Å². The quantitative estimate of drug-likeness (QED) is 0.559. The molecule has 35 heavy (non-hydrogen) atoms. The van der Waals surface area contributed by atoms with E-state index in [1.165, 1.54) is 10.6 Å². The standard InChI is InChI=1S/C25H24F2N4O4/c1-15-11-30(14-28-15)19-4-5-20-22(32)29(7-8-31(20)23(19)33)13-25-10-16(25)12-34-21-6-3-17(9-18(21)25)35-24(2,26)27/h3-6,9,11,14,16H,7-8,10,12-13H2,1-2H3/t16-,25+/m1/s1. The number of alkyl halides is 2. The summed E-state index contributed by atoms with van der Waals surface area (Å²) in [5.41, 5.74) is 1.75. The summed E-state index contributed by atoms with van der Waals surface area (Å²) in [7, 11) is 0. The monoisotopic (exact) mass is 482 g/mol. The van der Waals surface area contributed by atoms with Gasteiger partial charge in [0.15, 0.2) is 0 Å². The maximum Gasteiger partial charge on any atom is 0.394 e. The summed E-state index contributed by atoms with van der Waals surface area (Å²) in [6.45, 7) is 4.24. The zero-order valence-electron chi connectivity index (χ0n) is 19.3. The lowest BCUT2D eigenvalue weighted by Gasteiger charge is -2.35. The highest BCUT2D eigenvalue weighted by Crippen LogP contribution is 2.60. The number of hydrogen-bond donors (Lipinski definition) is 0. The topological polar surface area (TPSA) is 78.6 Å². The van der Waals surface area contributed by atoms with E-state index in [0.29, 0.717) is 50.3 Å². The Balaban J connectivity index is 1.29. The zero-order chi connectivity index (χ0) is 24.5. The molecule has 1 amide bonds. The first-order chi connectivity index (χ1) is 16.6. The number of pyridine rings is 1. The fraction of sp³-hybridized carbons (Fsp3) is 0.400. The Bertz CT molecular complexity index is 1410. The second kappa shape index (κ2) is 7.40. The number of carbonyl (C=O) groups is 1. The third-order valence-corrected chi connectivity index (χ3v) is 7.17. The summed E-state index contributed by atoms with van der Waals surface area (Å²) >= 11 is 0. The Hall–Kier alpha value is -3.69. The third-order valence-electron chi connectivity index (χ3n) is 7.17. The van der Waals surface area contributed by atoms with Gasteiger partial charge in [-0.3, -0.25) is 9.59 Å². The van der Waals surface area contributed by atoms with Crippen molar-refractivity contribution < 1.29 is 23.0 Å². The number of imidazole rings is 1. The second-order valence-electron chi connectivity index (χ2n) is 9.65. The van der Waals surface area contributed by atoms with Crippen molar-refractivity contribution in [2.45, 2.75) is 38.3 Å². The van der Waals surface area contributed by atoms with Gasteiger partial charge in [-0.05, 0) is 43.7 Å². The Morgan fingerprint density at radius 2 is 2.06 bits per heavy atom. The molecule has 0 unspecified atom stereocenters. The lowest BCUT2D eigenvalue weighted by Crippen LogP contribution is -2.48. The molecule has 2 aromatic heterocycles. The molecule has 1 aromatic carbocycles. The highest BCUT2D eigenvalue weighted by Gasteiger charge is 2.60. The van der Waals surface area contributed by atoms with E-state index in [0.717, 1.165) is 17.7 Å². The SMILES string of the molecule is Cc1cn(-c2ccc3n(c2=O)CCN(C[C@@]24C[C@@H]2COc2ccc(OC(C)(F)F)cc24)C3=O)cn1. The van der Waals surface area contributed by atoms with E-state index in [1.807, 2.05) is 6.92 Å². The molecule has 3 aromatic rings. The number of fused-ring (bicyclic) bond motifs is 4. The van der Waals surface area contributed by atoms with Crippen LogP contribution in [0.5, 0.6) is 11.5 Å². The van der Waals surface area contributed by atoms with Crippen LogP contribution in [-0.2, 0) is 12.0 Å². The van der Waals surface area contributed by atoms with E-state index in [4.69, 9.17) is 9.47 Å². The van der Waals surface area contributed by atoms with E-state index in [2.05, 4.69) is 4.98 Å². The molecule has 1 saturated carbocycles. The molecule has 0 N–H and O–H groups in total. The Morgan fingerprint density at radius 1 is 1.23 bits per heavy atom. The van der Waals surface area contributed by atoms with Crippen LogP contribution in [0.3, 0.4) is 0 Å². The Labute approximate surface area is 199 Å². The molecule has 0 saturated heterocycles. The van der Waals surface area contributed by atoms with Crippen LogP contribution in [0.15, 0.2) is 47.7 Å². The van der Waals surface area contributed by atoms with Crippen molar-refractivity contribution in [3.8, 4) is 17.2 Å². The third kappa shape index (κ3) is 3.59. The largest absolute Gasteiger partial charge is 0.493 e. The van der Waals surface area contributed by atoms with Gasteiger partial charge in [0.25, 0.3) is 11.5 Å². The van der Waals surface area contributed by atoms with Crippen molar-refractivity contribution in [1.29, 1.82) is 0 Å². The van der Waals surface area contributed by atoms with Crippen LogP contribution in [0.2, 0.25) is 0 Å². The Kier molecular flexibility index (Phi) is 4.61. The zero-order valence-corrected chi connectivity index (χ0v) is 19.3. The lowest BCUT2D eigenvalue weighted by molar-refractivity contribution is -0.159. The van der Waals surface area contributed by atoms with Crippen LogP contribution < -0.4 is 15.0 Å². The normalized spacial score (nSPS) is 22.7. The molecule has 8 nitrogen and oxygen atoms in total. The number of halogens is 2. The van der Waals surface area contributed by atoms with Crippen molar-refractivity contribution in [2.24, 2.45) is 5.92 Å². The van der Waals surface area contributed by atoms with Crippen LogP contribution in [0, 0.1) is 12.8 Å². The minimum Gasteiger partial charge on any atom is -0.493 e. The molecule has 2 atom stereocenters. The molecule has 2 aliphatic heterocycles. The average Bonchev–Trinajstić information content (AvgIpc) is 3.37. The minimum atomic E-state index is -3.30. The number of aromatic nitrogens is 3. The molecule has 182 valence electrons. The summed E-state index contributed by atoms with van der Waals surface area (Å²) < 4.78 is 40.7. The predicted octanol–water partition coefficient (Wildman–Crippen LogP) is 3.14. The lowest BCUT2D eigenvalue weighted by atomic mass is 9.89. The first-order valence-corrected chi connectivity index (χ1v) is 11.5. The van der Waals surface area contributed by atoms with Crippen molar-refractivity contribution in [3.63, 3.8) is 0 Å². The summed E-state index contributed by atoms with van der Waals surface area (Å²) in [5, 5.41) is 0. The average molecular weight is 482 g/mol. The fourth-order valence-corrected chi connectivity index (χ4v) is 5.39. The summed E-state index contributed by atoms with van der Waals surface area (Å²) in [4.78, 5) is 32.4. The molecule has 1 aliphatic carbocycles. The molecule has 1 fully saturated rings. The molecular weight excluding hydrogens is 458 g/mol.